The Hall–Kier alpha value is -4.05. The number of allylic oxidation sites excluding steroid dienone is 20. The van der Waals surface area contributed by atoms with Gasteiger partial charge in [0.25, 0.3) is 0 Å². The molecule has 0 fully saturated rings. The Balaban J connectivity index is 4.37. The average Bonchev–Trinajstić information content (AvgIpc) is 1.49. The van der Waals surface area contributed by atoms with Gasteiger partial charge in [-0.15, -0.1) is 0 Å². The summed E-state index contributed by atoms with van der Waals surface area (Å²) in [5.74, 6) is -1.61. The lowest BCUT2D eigenvalue weighted by Crippen LogP contribution is -2.30. The number of ether oxygens (including phenoxy) is 3. The van der Waals surface area contributed by atoms with Gasteiger partial charge in [-0.05, 0) is 122 Å². The number of unbranched alkanes of at least 4 members (excludes halogenated alkanes) is 28. The number of aliphatic hydroxyl groups excluding tert-OH is 2. The monoisotopic (exact) mass is 1400 g/mol. The molecule has 0 aliphatic heterocycles. The predicted octanol–water partition coefficient (Wildman–Crippen LogP) is 21.8. The minimum Gasteiger partial charge on any atom is -0.463 e. The molecular weight excluding hydrogens is 1270 g/mol. The summed E-state index contributed by atoms with van der Waals surface area (Å²) in [6.07, 6.45) is 84.2. The van der Waals surface area contributed by atoms with Crippen LogP contribution in [0.2, 0.25) is 0 Å². The molecule has 0 rings (SSSR count). The van der Waals surface area contributed by atoms with E-state index >= 15 is 0 Å². The first kappa shape index (κ1) is 93.0. The maximum atomic E-state index is 12.9. The van der Waals surface area contributed by atoms with E-state index in [9.17, 15) is 43.5 Å². The Labute approximate surface area is 589 Å². The normalized spacial score (nSPS) is 14.8. The summed E-state index contributed by atoms with van der Waals surface area (Å²) in [6.45, 7) is 2.35. The van der Waals surface area contributed by atoms with Crippen molar-refractivity contribution in [2.75, 3.05) is 39.6 Å². The molecule has 5 unspecified atom stereocenters. The molecule has 0 bridgehead atoms. The summed E-state index contributed by atoms with van der Waals surface area (Å²) in [7, 11) is -9.79. The Morgan fingerprint density at radius 3 is 0.866 bits per heavy atom. The van der Waals surface area contributed by atoms with Gasteiger partial charge in [-0.25, -0.2) is 9.13 Å². The summed E-state index contributed by atoms with van der Waals surface area (Å²) in [6, 6.07) is 0. The summed E-state index contributed by atoms with van der Waals surface area (Å²) in [4.78, 5) is 58.4. The van der Waals surface area contributed by atoms with Crippen LogP contribution in [0.3, 0.4) is 0 Å². The van der Waals surface area contributed by atoms with Gasteiger partial charge in [0.05, 0.1) is 26.4 Å². The minimum absolute atomic E-state index is 0.0832. The number of aliphatic hydroxyl groups is 2. The molecule has 0 saturated carbocycles. The van der Waals surface area contributed by atoms with Crippen molar-refractivity contribution in [3.63, 3.8) is 0 Å². The molecule has 0 saturated heterocycles. The Bertz CT molecular complexity index is 2250. The van der Waals surface area contributed by atoms with E-state index in [0.29, 0.717) is 19.3 Å². The molecule has 0 aromatic carbocycles. The molecule has 18 heteroatoms. The first-order chi connectivity index (χ1) is 47.2. The number of esters is 3. The maximum Gasteiger partial charge on any atom is 0.472 e. The molecule has 0 amide bonds. The molecule has 4 N–H and O–H groups in total. The van der Waals surface area contributed by atoms with Crippen molar-refractivity contribution < 1.29 is 75.8 Å². The van der Waals surface area contributed by atoms with E-state index < -0.39 is 91.5 Å². The molecule has 0 aromatic rings. The molecule has 0 aliphatic rings. The summed E-state index contributed by atoms with van der Waals surface area (Å²) in [5, 5.41) is 20.6. The summed E-state index contributed by atoms with van der Waals surface area (Å²) >= 11 is 0. The van der Waals surface area contributed by atoms with Crippen LogP contribution >= 0.6 is 15.6 Å². The number of carbonyl (C=O) groups is 3. The minimum atomic E-state index is -4.93. The van der Waals surface area contributed by atoms with Gasteiger partial charge in [0.2, 0.25) is 0 Å². The summed E-state index contributed by atoms with van der Waals surface area (Å²) in [5.41, 5.74) is 0. The van der Waals surface area contributed by atoms with E-state index in [-0.39, 0.29) is 19.3 Å². The molecule has 0 spiro atoms. The SMILES string of the molecule is CC/C=C\C/C=C\C/C=C\C/C=C\C/C=C\CCCCCCCCCCCCCCCCCCCC(=O)OCC(O)COP(=O)(O)OCC(O)COP(=O)(O)OCC(COC(=O)CCCCCCC/C=C\C/C=C\C/C=C\CC)OC(=O)CCCCCCC/C=C\C/C=C\CCC. The number of carbonyl (C=O) groups excluding carboxylic acids is 3. The van der Waals surface area contributed by atoms with Crippen molar-refractivity contribution in [3.05, 3.63) is 122 Å². The van der Waals surface area contributed by atoms with E-state index in [1.54, 1.807) is 0 Å². The van der Waals surface area contributed by atoms with Crippen molar-refractivity contribution in [2.24, 2.45) is 0 Å². The third kappa shape index (κ3) is 73.0. The molecular formula is C79H136O16P2. The molecule has 97 heavy (non-hydrogen) atoms. The second kappa shape index (κ2) is 71.8. The van der Waals surface area contributed by atoms with Gasteiger partial charge in [0.1, 0.15) is 25.4 Å². The standard InChI is InChI=1S/C79H136O16P2/c1-4-7-10-13-16-19-22-25-27-28-29-30-31-32-33-34-35-36-37-38-39-40-41-42-43-44-46-49-50-53-56-59-62-65-77(82)89-68-74(80)69-91-96(85,86)92-70-75(81)71-93-97(87,88)94-73-76(95-79(84)67-64-61-58-55-52-47-24-21-18-15-12-9-6-3)72-90-78(83)66-63-60-57-54-51-48-45-26-23-20-17-14-11-8-5-2/h7-8,10-12,15-17,19-21,24-27,29-30,32-33,45,74-76,80-81H,4-6,9,13-14,18,22-23,28,31,34-44,46-73H2,1-3H3,(H,85,86)(H,87,88)/b10-7-,11-8-,15-12-,19-16-,20-17-,24-21-,27-25-,30-29-,33-32-,45-26-. The molecule has 0 aliphatic carbocycles. The zero-order valence-corrected chi connectivity index (χ0v) is 62.5. The van der Waals surface area contributed by atoms with E-state index in [0.717, 1.165) is 154 Å². The fourth-order valence-corrected chi connectivity index (χ4v) is 11.5. The fraction of sp³-hybridized carbons (Fsp3) is 0.709. The van der Waals surface area contributed by atoms with Crippen LogP contribution in [0, 0.1) is 0 Å². The summed E-state index contributed by atoms with van der Waals surface area (Å²) < 4.78 is 60.9. The average molecular weight is 1400 g/mol. The van der Waals surface area contributed by atoms with Crippen molar-refractivity contribution in [2.45, 2.75) is 322 Å². The maximum absolute atomic E-state index is 12.9. The van der Waals surface area contributed by atoms with Gasteiger partial charge in [-0.2, -0.15) is 0 Å². The molecule has 558 valence electrons. The zero-order chi connectivity index (χ0) is 70.9. The van der Waals surface area contributed by atoms with Crippen LogP contribution < -0.4 is 0 Å². The number of phosphoric acid groups is 2. The van der Waals surface area contributed by atoms with Crippen LogP contribution in [0.5, 0.6) is 0 Å². The zero-order valence-electron chi connectivity index (χ0n) is 60.7. The Kier molecular flexibility index (Phi) is 68.8. The van der Waals surface area contributed by atoms with E-state index in [2.05, 4.69) is 142 Å². The van der Waals surface area contributed by atoms with Crippen LogP contribution in [0.15, 0.2) is 122 Å². The van der Waals surface area contributed by atoms with Gasteiger partial charge in [0, 0.05) is 19.3 Å². The molecule has 5 atom stereocenters. The highest BCUT2D eigenvalue weighted by Crippen LogP contribution is 2.45. The second-order valence-electron chi connectivity index (χ2n) is 25.0. The van der Waals surface area contributed by atoms with Crippen LogP contribution in [-0.2, 0) is 55.8 Å². The Morgan fingerprint density at radius 1 is 0.299 bits per heavy atom. The topological polar surface area (TPSA) is 231 Å². The van der Waals surface area contributed by atoms with Crippen molar-refractivity contribution in [1.82, 2.24) is 0 Å². The highest BCUT2D eigenvalue weighted by atomic mass is 31.2. The lowest BCUT2D eigenvalue weighted by molar-refractivity contribution is -0.161. The lowest BCUT2D eigenvalue weighted by atomic mass is 10.0. The smallest absolute Gasteiger partial charge is 0.463 e. The first-order valence-electron chi connectivity index (χ1n) is 37.8. The highest BCUT2D eigenvalue weighted by molar-refractivity contribution is 7.47. The number of rotatable bonds is 71. The lowest BCUT2D eigenvalue weighted by Gasteiger charge is -2.21. The van der Waals surface area contributed by atoms with E-state index in [4.69, 9.17) is 32.3 Å². The van der Waals surface area contributed by atoms with Crippen molar-refractivity contribution in [1.29, 1.82) is 0 Å². The van der Waals surface area contributed by atoms with Gasteiger partial charge in [0.15, 0.2) is 6.10 Å². The Morgan fingerprint density at radius 2 is 0.546 bits per heavy atom. The van der Waals surface area contributed by atoms with E-state index in [1.807, 2.05) is 0 Å². The quantitative estimate of drug-likeness (QED) is 0.0146. The molecule has 0 heterocycles. The largest absolute Gasteiger partial charge is 0.472 e. The fourth-order valence-electron chi connectivity index (χ4n) is 9.94. The van der Waals surface area contributed by atoms with Crippen molar-refractivity contribution in [3.8, 4) is 0 Å². The number of hydrogen-bond acceptors (Lipinski definition) is 14. The van der Waals surface area contributed by atoms with Gasteiger partial charge in [-0.3, -0.25) is 32.5 Å². The third-order valence-electron chi connectivity index (χ3n) is 15.6. The first-order valence-corrected chi connectivity index (χ1v) is 40.8. The number of phosphoric ester groups is 2. The molecule has 0 aromatic heterocycles. The third-order valence-corrected chi connectivity index (χ3v) is 17.5. The van der Waals surface area contributed by atoms with Gasteiger partial charge in [-0.1, -0.05) is 284 Å². The highest BCUT2D eigenvalue weighted by Gasteiger charge is 2.29. The van der Waals surface area contributed by atoms with Crippen LogP contribution in [0.25, 0.3) is 0 Å². The van der Waals surface area contributed by atoms with Gasteiger partial charge >= 0.3 is 33.6 Å². The van der Waals surface area contributed by atoms with Crippen LogP contribution in [0.1, 0.15) is 303 Å². The second-order valence-corrected chi connectivity index (χ2v) is 27.9. The number of hydrogen-bond donors (Lipinski definition) is 4. The molecule has 16 nitrogen and oxygen atoms in total. The van der Waals surface area contributed by atoms with Crippen LogP contribution in [0.4, 0.5) is 0 Å². The van der Waals surface area contributed by atoms with Crippen LogP contribution in [-0.4, -0.2) is 95.9 Å². The van der Waals surface area contributed by atoms with E-state index in [1.165, 1.54) is 89.9 Å². The van der Waals surface area contributed by atoms with Crippen molar-refractivity contribution >= 4 is 33.6 Å². The molecule has 0 radical (unpaired) electrons. The predicted molar refractivity (Wildman–Crippen MR) is 399 cm³/mol. The van der Waals surface area contributed by atoms with Gasteiger partial charge < -0.3 is 34.2 Å².